The van der Waals surface area contributed by atoms with E-state index in [0.717, 1.165) is 10.8 Å². The van der Waals surface area contributed by atoms with Crippen molar-refractivity contribution in [2.24, 2.45) is 0 Å². The van der Waals surface area contributed by atoms with Crippen LogP contribution < -0.4 is 5.32 Å². The van der Waals surface area contributed by atoms with Crippen molar-refractivity contribution in [1.29, 1.82) is 0 Å². The third-order valence-electron chi connectivity index (χ3n) is 3.59. The van der Waals surface area contributed by atoms with E-state index in [1.54, 1.807) is 6.20 Å². The predicted octanol–water partition coefficient (Wildman–Crippen LogP) is 3.88. The molecular weight excluding hydrogens is 306 g/mol. The molecule has 0 unspecified atom stereocenters. The lowest BCUT2D eigenvalue weighted by atomic mass is 10.1. The number of carbonyl (C=O) groups excluding carboxylic acids is 1. The Morgan fingerprint density at radius 1 is 1.30 bits per heavy atom. The monoisotopic (exact) mass is 331 g/mol. The quantitative estimate of drug-likeness (QED) is 0.865. The van der Waals surface area contributed by atoms with Crippen molar-refractivity contribution >= 4 is 17.7 Å². The first-order valence-electron chi connectivity index (χ1n) is 7.77. The summed E-state index contributed by atoms with van der Waals surface area (Å²) in [5.41, 5.74) is 3.34. The molecule has 1 N–H and O–H groups in total. The Morgan fingerprint density at radius 2 is 2.00 bits per heavy atom. The Morgan fingerprint density at radius 3 is 2.65 bits per heavy atom. The SMILES string of the molecule is Cc1cccc(-n2ccnc2S[C@H](C)C(=O)NC(C)(C)C)c1C. The fraction of sp³-hybridized carbons (Fsp3) is 0.444. The molecule has 1 aromatic carbocycles. The molecule has 1 amide bonds. The predicted molar refractivity (Wildman–Crippen MR) is 96.3 cm³/mol. The van der Waals surface area contributed by atoms with Crippen molar-refractivity contribution in [3.63, 3.8) is 0 Å². The Balaban J connectivity index is 2.22. The van der Waals surface area contributed by atoms with Gasteiger partial charge in [0.1, 0.15) is 0 Å². The zero-order valence-corrected chi connectivity index (χ0v) is 15.5. The van der Waals surface area contributed by atoms with Gasteiger partial charge < -0.3 is 5.32 Å². The maximum Gasteiger partial charge on any atom is 0.233 e. The summed E-state index contributed by atoms with van der Waals surface area (Å²) in [7, 11) is 0. The molecule has 0 aliphatic carbocycles. The molecule has 23 heavy (non-hydrogen) atoms. The summed E-state index contributed by atoms with van der Waals surface area (Å²) in [5.74, 6) is 0.0259. The molecule has 0 radical (unpaired) electrons. The average Bonchev–Trinajstić information content (AvgIpc) is 2.88. The number of amides is 1. The standard InChI is InChI=1S/C18H25N3OS/c1-12-8-7-9-15(13(12)2)21-11-10-19-17(21)23-14(3)16(22)20-18(4,5)6/h7-11,14H,1-6H3,(H,20,22)/t14-/m1/s1. The molecule has 0 saturated carbocycles. The van der Waals surface area contributed by atoms with Gasteiger partial charge in [-0.15, -0.1) is 0 Å². The summed E-state index contributed by atoms with van der Waals surface area (Å²) in [6.07, 6.45) is 3.72. The Bertz CT molecular complexity index is 701. The molecule has 4 nitrogen and oxygen atoms in total. The van der Waals surface area contributed by atoms with Crippen LogP contribution in [0.3, 0.4) is 0 Å². The molecule has 0 saturated heterocycles. The Kier molecular flexibility index (Phi) is 5.19. The second-order valence-electron chi connectivity index (χ2n) is 6.80. The van der Waals surface area contributed by atoms with Gasteiger partial charge in [-0.05, 0) is 58.7 Å². The van der Waals surface area contributed by atoms with Crippen LogP contribution in [0.5, 0.6) is 0 Å². The first-order valence-corrected chi connectivity index (χ1v) is 8.65. The number of imidazole rings is 1. The van der Waals surface area contributed by atoms with Crippen LogP contribution in [0.25, 0.3) is 5.69 Å². The lowest BCUT2D eigenvalue weighted by Crippen LogP contribution is -2.44. The normalized spacial score (nSPS) is 13.0. The van der Waals surface area contributed by atoms with Gasteiger partial charge in [0, 0.05) is 17.9 Å². The first-order chi connectivity index (χ1) is 10.7. The minimum Gasteiger partial charge on any atom is -0.351 e. The third kappa shape index (κ3) is 4.38. The van der Waals surface area contributed by atoms with E-state index < -0.39 is 0 Å². The van der Waals surface area contributed by atoms with E-state index in [9.17, 15) is 4.79 Å². The van der Waals surface area contributed by atoms with Crippen molar-refractivity contribution in [1.82, 2.24) is 14.9 Å². The van der Waals surface area contributed by atoms with Gasteiger partial charge in [0.05, 0.1) is 10.9 Å². The Hall–Kier alpha value is -1.75. The van der Waals surface area contributed by atoms with E-state index in [-0.39, 0.29) is 16.7 Å². The maximum absolute atomic E-state index is 12.3. The smallest absolute Gasteiger partial charge is 0.233 e. The van der Waals surface area contributed by atoms with Gasteiger partial charge in [0.2, 0.25) is 5.91 Å². The lowest BCUT2D eigenvalue weighted by molar-refractivity contribution is -0.121. The number of aromatic nitrogens is 2. The van der Waals surface area contributed by atoms with E-state index in [1.165, 1.54) is 22.9 Å². The number of thioether (sulfide) groups is 1. The highest BCUT2D eigenvalue weighted by Crippen LogP contribution is 2.27. The van der Waals surface area contributed by atoms with Crippen LogP contribution in [0, 0.1) is 13.8 Å². The van der Waals surface area contributed by atoms with Gasteiger partial charge in [0.25, 0.3) is 0 Å². The van der Waals surface area contributed by atoms with Crippen molar-refractivity contribution in [2.45, 2.75) is 57.5 Å². The molecule has 2 aromatic rings. The van der Waals surface area contributed by atoms with Crippen LogP contribution in [0.15, 0.2) is 35.7 Å². The second-order valence-corrected chi connectivity index (χ2v) is 8.11. The number of hydrogen-bond donors (Lipinski definition) is 1. The van der Waals surface area contributed by atoms with Crippen molar-refractivity contribution in [2.75, 3.05) is 0 Å². The van der Waals surface area contributed by atoms with Crippen molar-refractivity contribution < 1.29 is 4.79 Å². The van der Waals surface area contributed by atoms with E-state index in [2.05, 4.69) is 36.3 Å². The van der Waals surface area contributed by atoms with Gasteiger partial charge >= 0.3 is 0 Å². The Labute approximate surface area is 142 Å². The van der Waals surface area contributed by atoms with E-state index in [1.807, 2.05) is 44.5 Å². The third-order valence-corrected chi connectivity index (χ3v) is 4.67. The van der Waals surface area contributed by atoms with Crippen LogP contribution in [0.2, 0.25) is 0 Å². The molecule has 0 aliphatic rings. The number of rotatable bonds is 4. The molecule has 0 bridgehead atoms. The highest BCUT2D eigenvalue weighted by molar-refractivity contribution is 8.00. The second kappa shape index (κ2) is 6.79. The number of aryl methyl sites for hydroxylation is 1. The number of carbonyl (C=O) groups is 1. The number of benzene rings is 1. The molecule has 5 heteroatoms. The highest BCUT2D eigenvalue weighted by atomic mass is 32.2. The molecule has 1 aromatic heterocycles. The topological polar surface area (TPSA) is 46.9 Å². The van der Waals surface area contributed by atoms with E-state index in [0.29, 0.717) is 0 Å². The van der Waals surface area contributed by atoms with Crippen LogP contribution in [0.4, 0.5) is 0 Å². The van der Waals surface area contributed by atoms with Crippen molar-refractivity contribution in [3.05, 3.63) is 41.7 Å². The van der Waals surface area contributed by atoms with Crippen LogP contribution >= 0.6 is 11.8 Å². The van der Waals surface area contributed by atoms with E-state index in [4.69, 9.17) is 0 Å². The summed E-state index contributed by atoms with van der Waals surface area (Å²) < 4.78 is 2.05. The summed E-state index contributed by atoms with van der Waals surface area (Å²) >= 11 is 1.47. The number of nitrogens with zero attached hydrogens (tertiary/aromatic N) is 2. The van der Waals surface area contributed by atoms with Gasteiger partial charge in [0.15, 0.2) is 5.16 Å². The van der Waals surface area contributed by atoms with Crippen LogP contribution in [0.1, 0.15) is 38.8 Å². The van der Waals surface area contributed by atoms with Crippen LogP contribution in [-0.2, 0) is 4.79 Å². The minimum atomic E-state index is -0.228. The fourth-order valence-corrected chi connectivity index (χ4v) is 3.12. The summed E-state index contributed by atoms with van der Waals surface area (Å²) in [4.78, 5) is 16.7. The molecule has 2 rings (SSSR count). The van der Waals surface area contributed by atoms with E-state index >= 15 is 0 Å². The average molecular weight is 331 g/mol. The van der Waals surface area contributed by atoms with Gasteiger partial charge in [-0.1, -0.05) is 23.9 Å². The summed E-state index contributed by atoms with van der Waals surface area (Å²) in [6, 6.07) is 6.22. The molecule has 1 heterocycles. The molecule has 0 fully saturated rings. The molecule has 1 atom stereocenters. The highest BCUT2D eigenvalue weighted by Gasteiger charge is 2.22. The largest absolute Gasteiger partial charge is 0.351 e. The van der Waals surface area contributed by atoms with Crippen molar-refractivity contribution in [3.8, 4) is 5.69 Å². The molecular formula is C18H25N3OS. The zero-order valence-electron chi connectivity index (χ0n) is 14.7. The minimum absolute atomic E-state index is 0.0259. The van der Waals surface area contributed by atoms with Crippen LogP contribution in [-0.4, -0.2) is 26.2 Å². The molecule has 124 valence electrons. The van der Waals surface area contributed by atoms with Gasteiger partial charge in [-0.25, -0.2) is 4.98 Å². The number of nitrogens with one attached hydrogen (secondary N) is 1. The number of hydrogen-bond acceptors (Lipinski definition) is 3. The zero-order chi connectivity index (χ0) is 17.2. The lowest BCUT2D eigenvalue weighted by Gasteiger charge is -2.23. The maximum atomic E-state index is 12.3. The van der Waals surface area contributed by atoms with Gasteiger partial charge in [-0.2, -0.15) is 0 Å². The van der Waals surface area contributed by atoms with Gasteiger partial charge in [-0.3, -0.25) is 9.36 Å². The molecule has 0 spiro atoms. The summed E-state index contributed by atoms with van der Waals surface area (Å²) in [5, 5.41) is 3.64. The summed E-state index contributed by atoms with van der Waals surface area (Å²) in [6.45, 7) is 12.1. The molecule has 0 aliphatic heterocycles. The first kappa shape index (κ1) is 17.6. The fourth-order valence-electron chi connectivity index (χ4n) is 2.24.